The van der Waals surface area contributed by atoms with Gasteiger partial charge in [-0.05, 0) is 30.0 Å². The smallest absolute Gasteiger partial charge is 0.224 e. The molecule has 0 radical (unpaired) electrons. The predicted octanol–water partition coefficient (Wildman–Crippen LogP) is 1.00. The molecule has 2 rings (SSSR count). The van der Waals surface area contributed by atoms with Crippen molar-refractivity contribution in [3.05, 3.63) is 29.3 Å². The summed E-state index contributed by atoms with van der Waals surface area (Å²) in [6.07, 6.45) is 2.16. The van der Waals surface area contributed by atoms with E-state index in [1.807, 2.05) is 12.1 Å². The zero-order valence-electron chi connectivity index (χ0n) is 8.45. The van der Waals surface area contributed by atoms with Crippen LogP contribution in [0, 0.1) is 0 Å². The van der Waals surface area contributed by atoms with Crippen molar-refractivity contribution in [1.29, 1.82) is 0 Å². The molecule has 0 saturated heterocycles. The van der Waals surface area contributed by atoms with E-state index in [0.29, 0.717) is 13.0 Å². The van der Waals surface area contributed by atoms with Gasteiger partial charge in [-0.25, -0.2) is 5.90 Å². The van der Waals surface area contributed by atoms with E-state index in [-0.39, 0.29) is 5.91 Å². The van der Waals surface area contributed by atoms with Gasteiger partial charge in [-0.3, -0.25) is 4.79 Å². The summed E-state index contributed by atoms with van der Waals surface area (Å²) in [5.74, 6) is 5.10. The molecule has 4 heteroatoms. The first kappa shape index (κ1) is 10.1. The molecule has 0 spiro atoms. The van der Waals surface area contributed by atoms with Gasteiger partial charge in [0.25, 0.3) is 0 Å². The number of carbonyl (C=O) groups excluding carboxylic acids is 1. The Kier molecular flexibility index (Phi) is 2.99. The number of nitrogens with one attached hydrogen (secondary N) is 1. The maximum atomic E-state index is 11.2. The van der Waals surface area contributed by atoms with Gasteiger partial charge in [0.15, 0.2) is 0 Å². The zero-order valence-corrected chi connectivity index (χ0v) is 8.45. The lowest BCUT2D eigenvalue weighted by molar-refractivity contribution is -0.116. The minimum atomic E-state index is 0.0923. The van der Waals surface area contributed by atoms with E-state index < -0.39 is 0 Å². The second-order valence-corrected chi connectivity index (χ2v) is 3.61. The van der Waals surface area contributed by atoms with E-state index in [0.717, 1.165) is 18.5 Å². The van der Waals surface area contributed by atoms with Crippen molar-refractivity contribution in [3.63, 3.8) is 0 Å². The molecule has 1 heterocycles. The molecule has 1 aromatic carbocycles. The van der Waals surface area contributed by atoms with Crippen LogP contribution in [0.3, 0.4) is 0 Å². The Bertz CT molecular complexity index is 377. The van der Waals surface area contributed by atoms with Crippen LogP contribution in [0.5, 0.6) is 0 Å². The summed E-state index contributed by atoms with van der Waals surface area (Å²) in [6.45, 7) is 0.504. The van der Waals surface area contributed by atoms with Crippen LogP contribution in [-0.2, 0) is 22.5 Å². The van der Waals surface area contributed by atoms with E-state index in [1.165, 1.54) is 11.1 Å². The van der Waals surface area contributed by atoms with Gasteiger partial charge in [0.1, 0.15) is 0 Å². The molecule has 80 valence electrons. The van der Waals surface area contributed by atoms with Crippen molar-refractivity contribution in [2.75, 3.05) is 11.9 Å². The van der Waals surface area contributed by atoms with E-state index in [2.05, 4.69) is 16.2 Å². The summed E-state index contributed by atoms with van der Waals surface area (Å²) in [5, 5.41) is 2.87. The van der Waals surface area contributed by atoms with Gasteiger partial charge >= 0.3 is 0 Å². The minimum absolute atomic E-state index is 0.0923. The number of hydrogen-bond acceptors (Lipinski definition) is 3. The first-order chi connectivity index (χ1) is 7.31. The van der Waals surface area contributed by atoms with Crippen molar-refractivity contribution in [1.82, 2.24) is 0 Å². The van der Waals surface area contributed by atoms with Crippen molar-refractivity contribution in [2.45, 2.75) is 19.3 Å². The maximum Gasteiger partial charge on any atom is 0.224 e. The molecule has 1 amide bonds. The molecule has 4 nitrogen and oxygen atoms in total. The van der Waals surface area contributed by atoms with Crippen LogP contribution in [0.2, 0.25) is 0 Å². The number of rotatable bonds is 3. The molecule has 0 aromatic heterocycles. The first-order valence-corrected chi connectivity index (χ1v) is 5.03. The summed E-state index contributed by atoms with van der Waals surface area (Å²) in [5.41, 5.74) is 3.35. The quantitative estimate of drug-likeness (QED) is 0.725. The normalized spacial score (nSPS) is 14.6. The summed E-state index contributed by atoms with van der Waals surface area (Å²) in [6, 6.07) is 5.92. The van der Waals surface area contributed by atoms with Gasteiger partial charge < -0.3 is 10.2 Å². The van der Waals surface area contributed by atoms with Crippen molar-refractivity contribution in [3.8, 4) is 0 Å². The Morgan fingerprint density at radius 2 is 2.27 bits per heavy atom. The van der Waals surface area contributed by atoms with Gasteiger partial charge in [-0.2, -0.15) is 0 Å². The van der Waals surface area contributed by atoms with Crippen LogP contribution in [0.25, 0.3) is 0 Å². The Morgan fingerprint density at radius 3 is 3.07 bits per heavy atom. The number of anilines is 1. The Balaban J connectivity index is 2.25. The number of nitrogens with two attached hydrogens (primary N) is 1. The molecule has 0 aliphatic carbocycles. The fourth-order valence-corrected chi connectivity index (χ4v) is 1.90. The topological polar surface area (TPSA) is 64.3 Å². The largest absolute Gasteiger partial charge is 0.326 e. The lowest BCUT2D eigenvalue weighted by atomic mass is 9.96. The summed E-state index contributed by atoms with van der Waals surface area (Å²) in [4.78, 5) is 15.8. The molecular formula is C11H14N2O2. The number of amides is 1. The van der Waals surface area contributed by atoms with Crippen molar-refractivity contribution < 1.29 is 9.63 Å². The van der Waals surface area contributed by atoms with Gasteiger partial charge in [0, 0.05) is 12.1 Å². The van der Waals surface area contributed by atoms with Crippen LogP contribution in [0.15, 0.2) is 18.2 Å². The second-order valence-electron chi connectivity index (χ2n) is 3.61. The summed E-state index contributed by atoms with van der Waals surface area (Å²) in [7, 11) is 0. The molecule has 3 N–H and O–H groups in total. The summed E-state index contributed by atoms with van der Waals surface area (Å²) < 4.78 is 0. The lowest BCUT2D eigenvalue weighted by Gasteiger charge is -2.19. The van der Waals surface area contributed by atoms with Crippen LogP contribution in [0.4, 0.5) is 5.69 Å². The van der Waals surface area contributed by atoms with E-state index in [4.69, 9.17) is 5.90 Å². The summed E-state index contributed by atoms with van der Waals surface area (Å²) >= 11 is 0. The van der Waals surface area contributed by atoms with Gasteiger partial charge in [-0.15, -0.1) is 0 Å². The number of hydrogen-bond donors (Lipinski definition) is 2. The Labute approximate surface area is 88.4 Å². The third-order valence-corrected chi connectivity index (χ3v) is 2.64. The lowest BCUT2D eigenvalue weighted by Crippen LogP contribution is -2.20. The Hall–Kier alpha value is -1.39. The van der Waals surface area contributed by atoms with Gasteiger partial charge in [0.05, 0.1) is 6.61 Å². The van der Waals surface area contributed by atoms with Crippen molar-refractivity contribution in [2.24, 2.45) is 5.90 Å². The van der Waals surface area contributed by atoms with Crippen LogP contribution in [-0.4, -0.2) is 12.5 Å². The number of carbonyl (C=O) groups is 1. The monoisotopic (exact) mass is 206 g/mol. The molecule has 1 aliphatic rings. The average Bonchev–Trinajstić information content (AvgIpc) is 2.25. The third-order valence-electron chi connectivity index (χ3n) is 2.64. The fourth-order valence-electron chi connectivity index (χ4n) is 1.90. The van der Waals surface area contributed by atoms with Gasteiger partial charge in [-0.1, -0.05) is 12.1 Å². The average molecular weight is 206 g/mol. The second kappa shape index (κ2) is 4.42. The van der Waals surface area contributed by atoms with Gasteiger partial charge in [0.2, 0.25) is 5.91 Å². The highest BCUT2D eigenvalue weighted by Crippen LogP contribution is 2.25. The standard InChI is InChI=1S/C11H14N2O2/c12-15-7-6-8-2-1-3-10-9(8)4-5-11(14)13-10/h1-3H,4-7,12H2,(H,13,14). The van der Waals surface area contributed by atoms with E-state index in [9.17, 15) is 4.79 Å². The minimum Gasteiger partial charge on any atom is -0.326 e. The Morgan fingerprint density at radius 1 is 1.40 bits per heavy atom. The highest BCUT2D eigenvalue weighted by molar-refractivity contribution is 5.94. The molecule has 0 saturated carbocycles. The molecule has 1 aromatic rings. The molecule has 0 unspecified atom stereocenters. The highest BCUT2D eigenvalue weighted by Gasteiger charge is 2.16. The predicted molar refractivity (Wildman–Crippen MR) is 57.2 cm³/mol. The van der Waals surface area contributed by atoms with Crippen LogP contribution < -0.4 is 11.2 Å². The highest BCUT2D eigenvalue weighted by atomic mass is 16.6. The van der Waals surface area contributed by atoms with Crippen LogP contribution in [0.1, 0.15) is 17.5 Å². The van der Waals surface area contributed by atoms with E-state index >= 15 is 0 Å². The SMILES string of the molecule is NOCCc1cccc2c1CCC(=O)N2. The number of benzene rings is 1. The van der Waals surface area contributed by atoms with Crippen molar-refractivity contribution >= 4 is 11.6 Å². The molecule has 15 heavy (non-hydrogen) atoms. The molecule has 0 atom stereocenters. The third kappa shape index (κ3) is 2.16. The fraction of sp³-hybridized carbons (Fsp3) is 0.364. The first-order valence-electron chi connectivity index (χ1n) is 5.03. The molecular weight excluding hydrogens is 192 g/mol. The number of fused-ring (bicyclic) bond motifs is 1. The molecule has 0 bridgehead atoms. The van der Waals surface area contributed by atoms with E-state index in [1.54, 1.807) is 0 Å². The molecule has 0 fully saturated rings. The van der Waals surface area contributed by atoms with Crippen LogP contribution >= 0.6 is 0 Å². The maximum absolute atomic E-state index is 11.2. The zero-order chi connectivity index (χ0) is 10.7. The molecule has 1 aliphatic heterocycles.